The molecule has 1 aromatic carbocycles. The van der Waals surface area contributed by atoms with E-state index in [-0.39, 0.29) is 18.6 Å². The van der Waals surface area contributed by atoms with Crippen molar-refractivity contribution in [3.8, 4) is 34.1 Å². The summed E-state index contributed by atoms with van der Waals surface area (Å²) in [6.07, 6.45) is 3.36. The number of carbonyl (C=O) groups is 1. The van der Waals surface area contributed by atoms with E-state index < -0.39 is 0 Å². The molecule has 5 heterocycles. The van der Waals surface area contributed by atoms with Gasteiger partial charge in [0.25, 0.3) is 5.91 Å². The zero-order chi connectivity index (χ0) is 20.8. The van der Waals surface area contributed by atoms with Crippen molar-refractivity contribution >= 4 is 5.91 Å². The van der Waals surface area contributed by atoms with Gasteiger partial charge in [0.05, 0.1) is 11.6 Å². The SMILES string of the molecule is O=C(c1cc(-c2ccc3c(c2)OCO3)n[nH]1)N1CC(c2nc(-c3ccncc3)no2)C1. The normalized spacial score (nSPS) is 15.2. The molecule has 3 aromatic heterocycles. The summed E-state index contributed by atoms with van der Waals surface area (Å²) in [5.41, 5.74) is 2.77. The molecule has 10 nitrogen and oxygen atoms in total. The van der Waals surface area contributed by atoms with Gasteiger partial charge in [0.2, 0.25) is 18.5 Å². The molecule has 4 aromatic rings. The zero-order valence-electron chi connectivity index (χ0n) is 16.2. The van der Waals surface area contributed by atoms with Gasteiger partial charge in [-0.05, 0) is 36.4 Å². The largest absolute Gasteiger partial charge is 0.454 e. The van der Waals surface area contributed by atoms with Gasteiger partial charge in [-0.1, -0.05) is 5.16 Å². The molecule has 0 atom stereocenters. The van der Waals surface area contributed by atoms with E-state index in [1.165, 1.54) is 0 Å². The van der Waals surface area contributed by atoms with Crippen LogP contribution in [0.3, 0.4) is 0 Å². The van der Waals surface area contributed by atoms with Gasteiger partial charge in [0.1, 0.15) is 5.69 Å². The number of nitrogens with one attached hydrogen (secondary N) is 1. The molecular formula is C21H16N6O4. The molecule has 1 fully saturated rings. The minimum atomic E-state index is -0.121. The number of pyridine rings is 1. The second kappa shape index (κ2) is 6.94. The molecule has 10 heteroatoms. The standard InChI is InChI=1S/C21H16N6O4/c28-21(16-8-15(24-25-16)13-1-2-17-18(7-13)30-11-29-17)27-9-14(10-27)20-23-19(26-31-20)12-3-5-22-6-4-12/h1-8,14H,9-11H2,(H,24,25). The van der Waals surface area contributed by atoms with Crippen LogP contribution in [0.25, 0.3) is 22.6 Å². The van der Waals surface area contributed by atoms with E-state index in [0.717, 1.165) is 11.1 Å². The van der Waals surface area contributed by atoms with Crippen LogP contribution in [-0.2, 0) is 0 Å². The van der Waals surface area contributed by atoms with E-state index in [2.05, 4.69) is 25.3 Å². The Morgan fingerprint density at radius 1 is 1.03 bits per heavy atom. The van der Waals surface area contributed by atoms with Crippen LogP contribution in [0.4, 0.5) is 0 Å². The number of aromatic amines is 1. The average molecular weight is 416 g/mol. The Hall–Kier alpha value is -4.21. The van der Waals surface area contributed by atoms with Gasteiger partial charge in [-0.3, -0.25) is 14.9 Å². The Kier molecular flexibility index (Phi) is 3.95. The van der Waals surface area contributed by atoms with Crippen LogP contribution in [0, 0.1) is 0 Å². The van der Waals surface area contributed by atoms with E-state index in [1.807, 2.05) is 30.3 Å². The number of aromatic nitrogens is 5. The molecule has 0 aliphatic carbocycles. The molecule has 154 valence electrons. The van der Waals surface area contributed by atoms with Crippen molar-refractivity contribution in [2.75, 3.05) is 19.9 Å². The van der Waals surface area contributed by atoms with Crippen LogP contribution in [0.1, 0.15) is 22.3 Å². The molecular weight excluding hydrogens is 400 g/mol. The Labute approximate surface area is 175 Å². The number of amides is 1. The van der Waals surface area contributed by atoms with Gasteiger partial charge in [0.15, 0.2) is 11.5 Å². The summed E-state index contributed by atoms with van der Waals surface area (Å²) in [6, 6.07) is 10.9. The first-order chi connectivity index (χ1) is 15.2. The molecule has 0 spiro atoms. The van der Waals surface area contributed by atoms with Crippen LogP contribution in [0.2, 0.25) is 0 Å². The minimum Gasteiger partial charge on any atom is -0.454 e. The van der Waals surface area contributed by atoms with Gasteiger partial charge in [-0.2, -0.15) is 10.1 Å². The van der Waals surface area contributed by atoms with Crippen molar-refractivity contribution < 1.29 is 18.8 Å². The topological polar surface area (TPSA) is 119 Å². The average Bonchev–Trinajstić information content (AvgIpc) is 3.52. The Bertz CT molecular complexity index is 1260. The number of fused-ring (bicyclic) bond motifs is 1. The Balaban J connectivity index is 1.12. The number of benzene rings is 1. The zero-order valence-corrected chi connectivity index (χ0v) is 16.2. The monoisotopic (exact) mass is 416 g/mol. The van der Waals surface area contributed by atoms with Crippen molar-refractivity contribution in [3.05, 3.63) is 60.4 Å². The fraction of sp³-hybridized carbons (Fsp3) is 0.190. The number of rotatable bonds is 4. The van der Waals surface area contributed by atoms with Crippen molar-refractivity contribution in [1.29, 1.82) is 0 Å². The quantitative estimate of drug-likeness (QED) is 0.539. The van der Waals surface area contributed by atoms with E-state index >= 15 is 0 Å². The number of hydrogen-bond acceptors (Lipinski definition) is 8. The molecule has 0 saturated carbocycles. The maximum absolute atomic E-state index is 12.8. The summed E-state index contributed by atoms with van der Waals surface area (Å²) in [5, 5.41) is 11.1. The lowest BCUT2D eigenvalue weighted by Gasteiger charge is -2.36. The molecule has 2 aliphatic heterocycles. The van der Waals surface area contributed by atoms with Crippen LogP contribution in [0.15, 0.2) is 53.3 Å². The summed E-state index contributed by atoms with van der Waals surface area (Å²) in [7, 11) is 0. The van der Waals surface area contributed by atoms with Crippen molar-refractivity contribution in [1.82, 2.24) is 30.2 Å². The number of carbonyl (C=O) groups excluding carboxylic acids is 1. The number of ether oxygens (including phenoxy) is 2. The van der Waals surface area contributed by atoms with Gasteiger partial charge >= 0.3 is 0 Å². The fourth-order valence-corrected chi connectivity index (χ4v) is 3.63. The summed E-state index contributed by atoms with van der Waals surface area (Å²) >= 11 is 0. The van der Waals surface area contributed by atoms with E-state index in [0.29, 0.717) is 47.7 Å². The third-order valence-electron chi connectivity index (χ3n) is 5.37. The second-order valence-electron chi connectivity index (χ2n) is 7.33. The summed E-state index contributed by atoms with van der Waals surface area (Å²) in [5.74, 6) is 2.32. The summed E-state index contributed by atoms with van der Waals surface area (Å²) in [4.78, 5) is 23.0. The van der Waals surface area contributed by atoms with E-state index in [4.69, 9.17) is 14.0 Å². The van der Waals surface area contributed by atoms with Crippen LogP contribution >= 0.6 is 0 Å². The van der Waals surface area contributed by atoms with Gasteiger partial charge in [0, 0.05) is 36.6 Å². The fourth-order valence-electron chi connectivity index (χ4n) is 3.63. The highest BCUT2D eigenvalue weighted by atomic mass is 16.7. The highest BCUT2D eigenvalue weighted by Gasteiger charge is 2.36. The molecule has 0 bridgehead atoms. The highest BCUT2D eigenvalue weighted by molar-refractivity contribution is 5.94. The van der Waals surface area contributed by atoms with Crippen LogP contribution in [0.5, 0.6) is 11.5 Å². The summed E-state index contributed by atoms with van der Waals surface area (Å²) < 4.78 is 16.1. The predicted molar refractivity (Wildman–Crippen MR) is 106 cm³/mol. The van der Waals surface area contributed by atoms with E-state index in [1.54, 1.807) is 23.4 Å². The maximum Gasteiger partial charge on any atom is 0.271 e. The number of likely N-dealkylation sites (tertiary alicyclic amines) is 1. The first kappa shape index (κ1) is 17.6. The summed E-state index contributed by atoms with van der Waals surface area (Å²) in [6.45, 7) is 1.23. The third-order valence-corrected chi connectivity index (χ3v) is 5.37. The molecule has 6 rings (SSSR count). The number of H-pyrrole nitrogens is 1. The highest BCUT2D eigenvalue weighted by Crippen LogP contribution is 2.36. The maximum atomic E-state index is 12.8. The number of hydrogen-bond donors (Lipinski definition) is 1. The molecule has 1 saturated heterocycles. The number of nitrogens with zero attached hydrogens (tertiary/aromatic N) is 5. The third kappa shape index (κ3) is 3.08. The van der Waals surface area contributed by atoms with Crippen molar-refractivity contribution in [2.45, 2.75) is 5.92 Å². The Morgan fingerprint density at radius 3 is 2.74 bits per heavy atom. The molecule has 31 heavy (non-hydrogen) atoms. The molecule has 1 N–H and O–H groups in total. The molecule has 2 aliphatic rings. The lowest BCUT2D eigenvalue weighted by molar-refractivity contribution is 0.0563. The predicted octanol–water partition coefficient (Wildman–Crippen LogP) is 2.49. The smallest absolute Gasteiger partial charge is 0.271 e. The van der Waals surface area contributed by atoms with Gasteiger partial charge in [-0.25, -0.2) is 0 Å². The van der Waals surface area contributed by atoms with Crippen LogP contribution in [-0.4, -0.2) is 56.0 Å². The van der Waals surface area contributed by atoms with Crippen molar-refractivity contribution in [2.24, 2.45) is 0 Å². The second-order valence-corrected chi connectivity index (χ2v) is 7.33. The molecule has 0 unspecified atom stereocenters. The molecule has 1 amide bonds. The van der Waals surface area contributed by atoms with Gasteiger partial charge < -0.3 is 18.9 Å². The molecule has 0 radical (unpaired) electrons. The lowest BCUT2D eigenvalue weighted by Crippen LogP contribution is -2.48. The Morgan fingerprint density at radius 2 is 1.87 bits per heavy atom. The first-order valence-electron chi connectivity index (χ1n) is 9.73. The van der Waals surface area contributed by atoms with Crippen LogP contribution < -0.4 is 9.47 Å². The van der Waals surface area contributed by atoms with Crippen molar-refractivity contribution in [3.63, 3.8) is 0 Å². The minimum absolute atomic E-state index is 0.0169. The van der Waals surface area contributed by atoms with E-state index in [9.17, 15) is 4.79 Å². The lowest BCUT2D eigenvalue weighted by atomic mass is 9.99. The van der Waals surface area contributed by atoms with Gasteiger partial charge in [-0.15, -0.1) is 0 Å². The first-order valence-corrected chi connectivity index (χ1v) is 9.73.